The Morgan fingerprint density at radius 3 is 2.63 bits per heavy atom. The first-order chi connectivity index (χ1) is 9.08. The molecule has 0 unspecified atom stereocenters. The lowest BCUT2D eigenvalue weighted by atomic mass is 10.0. The average molecular weight is 261 g/mol. The highest BCUT2D eigenvalue weighted by Crippen LogP contribution is 2.24. The van der Waals surface area contributed by atoms with Crippen LogP contribution in [0.1, 0.15) is 43.7 Å². The number of hydrogen-bond donors (Lipinski definition) is 0. The van der Waals surface area contributed by atoms with Crippen LogP contribution in [-0.4, -0.2) is 30.5 Å². The van der Waals surface area contributed by atoms with Crippen LogP contribution >= 0.6 is 0 Å². The van der Waals surface area contributed by atoms with Gasteiger partial charge in [0.1, 0.15) is 5.75 Å². The molecule has 3 heteroatoms. The van der Waals surface area contributed by atoms with E-state index in [0.717, 1.165) is 37.2 Å². The molecule has 2 rings (SSSR count). The topological polar surface area (TPSA) is 29.5 Å². The summed E-state index contributed by atoms with van der Waals surface area (Å²) in [7, 11) is 0. The molecule has 1 aliphatic rings. The molecule has 0 saturated carbocycles. The summed E-state index contributed by atoms with van der Waals surface area (Å²) in [6.45, 7) is 8.25. The zero-order valence-electron chi connectivity index (χ0n) is 12.1. The number of hydrogen-bond acceptors (Lipinski definition) is 2. The van der Waals surface area contributed by atoms with Crippen LogP contribution in [0, 0.1) is 6.92 Å². The van der Waals surface area contributed by atoms with Gasteiger partial charge in [-0.15, -0.1) is 0 Å². The van der Waals surface area contributed by atoms with Crippen molar-refractivity contribution >= 4 is 5.91 Å². The van der Waals surface area contributed by atoms with Gasteiger partial charge in [-0.3, -0.25) is 4.79 Å². The number of carbonyl (C=O) groups excluding carboxylic acids is 1. The SMILES string of the molecule is Cc1ccc(C(C)C)cc1OCC(=O)N1CCCC1. The number of amides is 1. The minimum atomic E-state index is 0.104. The summed E-state index contributed by atoms with van der Waals surface area (Å²) < 4.78 is 5.71. The second kappa shape index (κ2) is 6.09. The molecule has 1 fully saturated rings. The maximum absolute atomic E-state index is 11.9. The Kier molecular flexibility index (Phi) is 4.46. The molecule has 0 N–H and O–H groups in total. The number of ether oxygens (including phenoxy) is 1. The van der Waals surface area contributed by atoms with Crippen molar-refractivity contribution in [1.29, 1.82) is 0 Å². The summed E-state index contributed by atoms with van der Waals surface area (Å²) >= 11 is 0. The number of aryl methyl sites for hydroxylation is 1. The van der Waals surface area contributed by atoms with E-state index in [0.29, 0.717) is 5.92 Å². The van der Waals surface area contributed by atoms with Crippen LogP contribution < -0.4 is 4.74 Å². The molecule has 3 nitrogen and oxygen atoms in total. The highest BCUT2D eigenvalue weighted by molar-refractivity contribution is 5.78. The molecular weight excluding hydrogens is 238 g/mol. The Morgan fingerprint density at radius 2 is 2.00 bits per heavy atom. The Balaban J connectivity index is 1.98. The minimum Gasteiger partial charge on any atom is -0.483 e. The van der Waals surface area contributed by atoms with Crippen LogP contribution in [0.2, 0.25) is 0 Å². The van der Waals surface area contributed by atoms with Crippen molar-refractivity contribution in [2.75, 3.05) is 19.7 Å². The van der Waals surface area contributed by atoms with Gasteiger partial charge in [0.2, 0.25) is 0 Å². The van der Waals surface area contributed by atoms with Gasteiger partial charge in [-0.2, -0.15) is 0 Å². The van der Waals surface area contributed by atoms with E-state index in [1.165, 1.54) is 5.56 Å². The normalized spacial score (nSPS) is 15.1. The summed E-state index contributed by atoms with van der Waals surface area (Å²) in [6, 6.07) is 6.23. The fraction of sp³-hybridized carbons (Fsp3) is 0.562. The third-order valence-corrected chi connectivity index (χ3v) is 3.69. The molecule has 1 amide bonds. The lowest BCUT2D eigenvalue weighted by Crippen LogP contribution is -2.32. The Bertz CT molecular complexity index is 448. The van der Waals surface area contributed by atoms with E-state index in [1.54, 1.807) is 0 Å². The maximum Gasteiger partial charge on any atom is 0.260 e. The van der Waals surface area contributed by atoms with Crippen molar-refractivity contribution in [2.45, 2.75) is 39.5 Å². The van der Waals surface area contributed by atoms with E-state index in [2.05, 4.69) is 32.0 Å². The fourth-order valence-electron chi connectivity index (χ4n) is 2.33. The molecule has 0 aromatic heterocycles. The van der Waals surface area contributed by atoms with Gasteiger partial charge in [-0.1, -0.05) is 26.0 Å². The predicted octanol–water partition coefficient (Wildman–Crippen LogP) is 3.12. The van der Waals surface area contributed by atoms with Gasteiger partial charge < -0.3 is 9.64 Å². The van der Waals surface area contributed by atoms with Gasteiger partial charge in [-0.25, -0.2) is 0 Å². The maximum atomic E-state index is 11.9. The molecule has 104 valence electrons. The zero-order chi connectivity index (χ0) is 13.8. The molecular formula is C16H23NO2. The number of carbonyl (C=O) groups is 1. The lowest BCUT2D eigenvalue weighted by molar-refractivity contribution is -0.132. The minimum absolute atomic E-state index is 0.104. The largest absolute Gasteiger partial charge is 0.483 e. The summed E-state index contributed by atoms with van der Waals surface area (Å²) in [5.41, 5.74) is 2.33. The van der Waals surface area contributed by atoms with Gasteiger partial charge in [0.15, 0.2) is 6.61 Å². The van der Waals surface area contributed by atoms with Crippen molar-refractivity contribution in [1.82, 2.24) is 4.90 Å². The van der Waals surface area contributed by atoms with Gasteiger partial charge >= 0.3 is 0 Å². The van der Waals surface area contributed by atoms with Crippen LogP contribution in [-0.2, 0) is 4.79 Å². The van der Waals surface area contributed by atoms with E-state index < -0.39 is 0 Å². The van der Waals surface area contributed by atoms with Crippen molar-refractivity contribution < 1.29 is 9.53 Å². The third kappa shape index (κ3) is 3.49. The molecule has 19 heavy (non-hydrogen) atoms. The molecule has 1 aromatic rings. The summed E-state index contributed by atoms with van der Waals surface area (Å²) in [5, 5.41) is 0. The van der Waals surface area contributed by atoms with E-state index in [4.69, 9.17) is 4.74 Å². The van der Waals surface area contributed by atoms with Crippen LogP contribution in [0.3, 0.4) is 0 Å². The standard InChI is InChI=1S/C16H23NO2/c1-12(2)14-7-6-13(3)15(10-14)19-11-16(18)17-8-4-5-9-17/h6-7,10,12H,4-5,8-9,11H2,1-3H3. The van der Waals surface area contributed by atoms with Crippen molar-refractivity contribution in [2.24, 2.45) is 0 Å². The van der Waals surface area contributed by atoms with Crippen LogP contribution in [0.4, 0.5) is 0 Å². The molecule has 1 heterocycles. The summed E-state index contributed by atoms with van der Waals surface area (Å²) in [6.07, 6.45) is 2.24. The molecule has 1 saturated heterocycles. The van der Waals surface area contributed by atoms with E-state index >= 15 is 0 Å². The highest BCUT2D eigenvalue weighted by atomic mass is 16.5. The summed E-state index contributed by atoms with van der Waals surface area (Å²) in [4.78, 5) is 13.8. The molecule has 0 bridgehead atoms. The molecule has 0 atom stereocenters. The van der Waals surface area contributed by atoms with E-state index in [1.807, 2.05) is 11.8 Å². The second-order valence-electron chi connectivity index (χ2n) is 5.56. The fourth-order valence-corrected chi connectivity index (χ4v) is 2.33. The van der Waals surface area contributed by atoms with Crippen LogP contribution in [0.15, 0.2) is 18.2 Å². The molecule has 0 aliphatic carbocycles. The van der Waals surface area contributed by atoms with Crippen molar-refractivity contribution in [3.05, 3.63) is 29.3 Å². The van der Waals surface area contributed by atoms with Crippen molar-refractivity contribution in [3.8, 4) is 5.75 Å². The molecule has 1 aliphatic heterocycles. The number of nitrogens with zero attached hydrogens (tertiary/aromatic N) is 1. The first-order valence-corrected chi connectivity index (χ1v) is 7.09. The second-order valence-corrected chi connectivity index (χ2v) is 5.56. The Morgan fingerprint density at radius 1 is 1.32 bits per heavy atom. The number of rotatable bonds is 4. The van der Waals surface area contributed by atoms with Gasteiger partial charge in [0.05, 0.1) is 0 Å². The van der Waals surface area contributed by atoms with Crippen molar-refractivity contribution in [3.63, 3.8) is 0 Å². The first kappa shape index (κ1) is 13.9. The highest BCUT2D eigenvalue weighted by Gasteiger charge is 2.18. The molecule has 0 radical (unpaired) electrons. The monoisotopic (exact) mass is 261 g/mol. The van der Waals surface area contributed by atoms with Gasteiger partial charge in [0, 0.05) is 13.1 Å². The first-order valence-electron chi connectivity index (χ1n) is 7.09. The smallest absolute Gasteiger partial charge is 0.260 e. The Hall–Kier alpha value is -1.51. The van der Waals surface area contributed by atoms with Crippen LogP contribution in [0.5, 0.6) is 5.75 Å². The third-order valence-electron chi connectivity index (χ3n) is 3.69. The number of benzene rings is 1. The predicted molar refractivity (Wildman–Crippen MR) is 76.6 cm³/mol. The molecule has 1 aromatic carbocycles. The zero-order valence-corrected chi connectivity index (χ0v) is 12.1. The lowest BCUT2D eigenvalue weighted by Gasteiger charge is -2.17. The van der Waals surface area contributed by atoms with Gasteiger partial charge in [0.25, 0.3) is 5.91 Å². The van der Waals surface area contributed by atoms with Gasteiger partial charge in [-0.05, 0) is 42.9 Å². The average Bonchev–Trinajstić information content (AvgIpc) is 2.91. The van der Waals surface area contributed by atoms with E-state index in [-0.39, 0.29) is 12.5 Å². The molecule has 0 spiro atoms. The number of likely N-dealkylation sites (tertiary alicyclic amines) is 1. The van der Waals surface area contributed by atoms with Crippen LogP contribution in [0.25, 0.3) is 0 Å². The Labute approximate surface area is 115 Å². The van der Waals surface area contributed by atoms with E-state index in [9.17, 15) is 4.79 Å². The summed E-state index contributed by atoms with van der Waals surface area (Å²) in [5.74, 6) is 1.41. The quantitative estimate of drug-likeness (QED) is 0.833.